The van der Waals surface area contributed by atoms with Gasteiger partial charge < -0.3 is 43.4 Å². The Bertz CT molecular complexity index is 636. The Kier molecular flexibility index (Phi) is 12.0. The van der Waals surface area contributed by atoms with Gasteiger partial charge in [0.15, 0.2) is 5.96 Å². The second kappa shape index (κ2) is 13.3. The zero-order valence-corrected chi connectivity index (χ0v) is 17.4. The number of nitrogens with zero attached hydrogens (tertiary/aromatic N) is 1. The van der Waals surface area contributed by atoms with Crippen LogP contribution in [0.5, 0.6) is 0 Å². The molecule has 0 aliphatic carbocycles. The van der Waals surface area contributed by atoms with Crippen LogP contribution in [-0.4, -0.2) is 77.2 Å². The molecule has 0 radical (unpaired) electrons. The lowest BCUT2D eigenvalue weighted by Gasteiger charge is -2.23. The van der Waals surface area contributed by atoms with E-state index in [4.69, 9.17) is 22.3 Å². The summed E-state index contributed by atoms with van der Waals surface area (Å²) in [6.45, 7) is 4.13. The molecule has 0 rings (SSSR count). The highest BCUT2D eigenvalue weighted by Gasteiger charge is 2.29. The van der Waals surface area contributed by atoms with E-state index >= 15 is 0 Å². The van der Waals surface area contributed by atoms with Crippen LogP contribution in [0.3, 0.4) is 0 Å². The first-order valence-electron chi connectivity index (χ1n) is 9.46. The highest BCUT2D eigenvalue weighted by molar-refractivity contribution is 5.94. The predicted octanol–water partition coefficient (Wildman–Crippen LogP) is -3.43. The average Bonchev–Trinajstić information content (AvgIpc) is 2.65. The van der Waals surface area contributed by atoms with Crippen LogP contribution in [0.15, 0.2) is 4.99 Å². The summed E-state index contributed by atoms with van der Waals surface area (Å²) in [7, 11) is 0. The van der Waals surface area contributed by atoms with Gasteiger partial charge in [0.1, 0.15) is 18.1 Å². The van der Waals surface area contributed by atoms with Crippen LogP contribution in [0.1, 0.15) is 33.6 Å². The molecule has 4 atom stereocenters. The number of hydrogen-bond donors (Lipinski definition) is 8. The topological polar surface area (TPSA) is 235 Å². The number of aliphatic hydroxyl groups excluding tert-OH is 1. The molecule has 0 aromatic rings. The molecule has 0 spiro atoms. The third kappa shape index (κ3) is 10.0. The molecule has 13 heteroatoms. The summed E-state index contributed by atoms with van der Waals surface area (Å²) in [4.78, 5) is 51.5. The van der Waals surface area contributed by atoms with Gasteiger partial charge in [0, 0.05) is 6.54 Å². The summed E-state index contributed by atoms with van der Waals surface area (Å²) >= 11 is 0. The van der Waals surface area contributed by atoms with E-state index in [1.54, 1.807) is 13.8 Å². The van der Waals surface area contributed by atoms with E-state index in [9.17, 15) is 24.3 Å². The van der Waals surface area contributed by atoms with Gasteiger partial charge in [-0.25, -0.2) is 4.79 Å². The van der Waals surface area contributed by atoms with Gasteiger partial charge >= 0.3 is 5.97 Å². The fourth-order valence-electron chi connectivity index (χ4n) is 2.29. The molecule has 0 saturated carbocycles. The number of carbonyl (C=O) groups is 4. The Morgan fingerprint density at radius 3 is 2.03 bits per heavy atom. The number of guanidine groups is 1. The van der Waals surface area contributed by atoms with E-state index in [2.05, 4.69) is 20.9 Å². The Labute approximate surface area is 174 Å². The van der Waals surface area contributed by atoms with E-state index in [1.807, 2.05) is 0 Å². The largest absolute Gasteiger partial charge is 0.480 e. The maximum atomic E-state index is 12.2. The first-order chi connectivity index (χ1) is 13.9. The maximum absolute atomic E-state index is 12.2. The van der Waals surface area contributed by atoms with Gasteiger partial charge in [0.05, 0.1) is 12.6 Å². The minimum atomic E-state index is -1.38. The zero-order chi connectivity index (χ0) is 23.4. The van der Waals surface area contributed by atoms with Crippen molar-refractivity contribution in [2.24, 2.45) is 28.1 Å². The number of aliphatic imine (C=N–C) groups is 1. The number of rotatable bonds is 13. The molecule has 0 aromatic heterocycles. The summed E-state index contributed by atoms with van der Waals surface area (Å²) in [6.07, 6.45) is 0.741. The van der Waals surface area contributed by atoms with E-state index in [1.165, 1.54) is 6.92 Å². The molecule has 4 unspecified atom stereocenters. The predicted molar refractivity (Wildman–Crippen MR) is 109 cm³/mol. The van der Waals surface area contributed by atoms with Gasteiger partial charge in [-0.3, -0.25) is 19.4 Å². The van der Waals surface area contributed by atoms with Crippen molar-refractivity contribution in [1.29, 1.82) is 0 Å². The molecule has 0 heterocycles. The summed E-state index contributed by atoms with van der Waals surface area (Å²) in [5.74, 6) is -3.91. The fourth-order valence-corrected chi connectivity index (χ4v) is 2.29. The molecule has 0 aliphatic rings. The number of carbonyl (C=O) groups excluding carboxylic acids is 3. The average molecular weight is 431 g/mol. The number of hydrogen-bond acceptors (Lipinski definition) is 7. The summed E-state index contributed by atoms with van der Waals surface area (Å²) < 4.78 is 0. The lowest BCUT2D eigenvalue weighted by Crippen LogP contribution is -2.58. The van der Waals surface area contributed by atoms with E-state index < -0.39 is 60.4 Å². The number of amides is 3. The molecule has 0 saturated heterocycles. The lowest BCUT2D eigenvalue weighted by molar-refractivity contribution is -0.143. The van der Waals surface area contributed by atoms with Crippen LogP contribution in [0, 0.1) is 5.92 Å². The number of carboxylic acid groups (broad SMARTS) is 1. The van der Waals surface area contributed by atoms with Crippen LogP contribution < -0.4 is 33.2 Å². The fraction of sp³-hybridized carbons (Fsp3) is 0.706. The Morgan fingerprint density at radius 1 is 0.967 bits per heavy atom. The second-order valence-corrected chi connectivity index (χ2v) is 7.10. The molecule has 13 nitrogen and oxygen atoms in total. The van der Waals surface area contributed by atoms with Gasteiger partial charge in [0.2, 0.25) is 17.7 Å². The van der Waals surface area contributed by atoms with E-state index in [0.29, 0.717) is 13.0 Å². The van der Waals surface area contributed by atoms with Crippen molar-refractivity contribution in [2.75, 3.05) is 13.2 Å². The molecule has 3 amide bonds. The second-order valence-electron chi connectivity index (χ2n) is 7.10. The van der Waals surface area contributed by atoms with Crippen LogP contribution in [0.2, 0.25) is 0 Å². The molecule has 11 N–H and O–H groups in total. The molecule has 172 valence electrons. The van der Waals surface area contributed by atoms with Gasteiger partial charge in [0.25, 0.3) is 0 Å². The van der Waals surface area contributed by atoms with Gasteiger partial charge in [-0.15, -0.1) is 0 Å². The van der Waals surface area contributed by atoms with Gasteiger partial charge in [-0.1, -0.05) is 13.8 Å². The first kappa shape index (κ1) is 27.1. The molecular formula is C17H33N7O6. The molecule has 0 fully saturated rings. The molecular weight excluding hydrogens is 398 g/mol. The highest BCUT2D eigenvalue weighted by Crippen LogP contribution is 2.02. The Morgan fingerprint density at radius 2 is 1.57 bits per heavy atom. The summed E-state index contributed by atoms with van der Waals surface area (Å²) in [5, 5.41) is 25.4. The van der Waals surface area contributed by atoms with E-state index in [0.717, 1.165) is 0 Å². The van der Waals surface area contributed by atoms with Crippen molar-refractivity contribution in [2.45, 2.75) is 57.8 Å². The van der Waals surface area contributed by atoms with Crippen molar-refractivity contribution in [3.8, 4) is 0 Å². The Hall–Kier alpha value is -2.93. The quantitative estimate of drug-likeness (QED) is 0.0821. The lowest BCUT2D eigenvalue weighted by atomic mass is 10.0. The third-order valence-corrected chi connectivity index (χ3v) is 4.10. The number of aliphatic hydroxyl groups is 1. The van der Waals surface area contributed by atoms with Crippen molar-refractivity contribution in [1.82, 2.24) is 16.0 Å². The van der Waals surface area contributed by atoms with Crippen LogP contribution in [0.4, 0.5) is 0 Å². The third-order valence-electron chi connectivity index (χ3n) is 4.10. The molecule has 0 bridgehead atoms. The normalized spacial score (nSPS) is 14.7. The minimum Gasteiger partial charge on any atom is -0.480 e. The van der Waals surface area contributed by atoms with Crippen LogP contribution in [0.25, 0.3) is 0 Å². The number of carboxylic acids is 1. The number of nitrogens with two attached hydrogens (primary N) is 3. The molecule has 30 heavy (non-hydrogen) atoms. The van der Waals surface area contributed by atoms with Crippen LogP contribution >= 0.6 is 0 Å². The first-order valence-corrected chi connectivity index (χ1v) is 9.46. The SMILES string of the molecule is CC(NC(=O)C(N)CCCN=C(N)N)C(=O)NC(CO)C(=O)NC(C(=O)O)C(C)C. The van der Waals surface area contributed by atoms with E-state index in [-0.39, 0.29) is 12.4 Å². The van der Waals surface area contributed by atoms with Crippen molar-refractivity contribution >= 4 is 29.7 Å². The standard InChI is InChI=1S/C17H33N7O6/c1-8(2)12(16(29)30)24-15(28)11(7-25)23-13(26)9(3)22-14(27)10(18)5-4-6-21-17(19)20/h8-12,25H,4-7,18H2,1-3H3,(H,22,27)(H,23,26)(H,24,28)(H,29,30)(H4,19,20,21). The monoisotopic (exact) mass is 431 g/mol. The maximum Gasteiger partial charge on any atom is 0.326 e. The van der Waals surface area contributed by atoms with Gasteiger partial charge in [-0.05, 0) is 25.7 Å². The zero-order valence-electron chi connectivity index (χ0n) is 17.4. The van der Waals surface area contributed by atoms with Gasteiger partial charge in [-0.2, -0.15) is 0 Å². The van der Waals surface area contributed by atoms with Crippen molar-refractivity contribution in [3.05, 3.63) is 0 Å². The smallest absolute Gasteiger partial charge is 0.326 e. The molecule has 0 aliphatic heterocycles. The number of nitrogens with one attached hydrogen (secondary N) is 3. The van der Waals surface area contributed by atoms with Crippen molar-refractivity contribution in [3.63, 3.8) is 0 Å². The Balaban J connectivity index is 4.69. The minimum absolute atomic E-state index is 0.0659. The van der Waals surface area contributed by atoms with Crippen molar-refractivity contribution < 1.29 is 29.4 Å². The van der Waals surface area contributed by atoms with Crippen LogP contribution in [-0.2, 0) is 19.2 Å². The highest BCUT2D eigenvalue weighted by atomic mass is 16.4. The number of aliphatic carboxylic acids is 1. The molecule has 0 aromatic carbocycles. The summed E-state index contributed by atoms with van der Waals surface area (Å²) in [5.41, 5.74) is 16.1. The summed E-state index contributed by atoms with van der Waals surface area (Å²) in [6, 6.07) is -4.51.